The van der Waals surface area contributed by atoms with Gasteiger partial charge in [-0.3, -0.25) is 0 Å². The van der Waals surface area contributed by atoms with Crippen LogP contribution in [0.3, 0.4) is 0 Å². The summed E-state index contributed by atoms with van der Waals surface area (Å²) in [5, 5.41) is 20.9. The SMILES string of the molecule is CCCN(O)Cc1ccccc1NCC1=CNCN1. The van der Waals surface area contributed by atoms with Gasteiger partial charge in [-0.15, -0.1) is 0 Å². The maximum Gasteiger partial charge on any atom is 0.0843 e. The molecule has 0 unspecified atom stereocenters. The molecule has 0 amide bonds. The zero-order valence-corrected chi connectivity index (χ0v) is 11.3. The van der Waals surface area contributed by atoms with Crippen molar-refractivity contribution in [3.05, 3.63) is 41.7 Å². The number of anilines is 1. The Kier molecular flexibility index (Phi) is 5.06. The van der Waals surface area contributed by atoms with Crippen molar-refractivity contribution in [3.63, 3.8) is 0 Å². The number of nitrogens with one attached hydrogen (secondary N) is 3. The van der Waals surface area contributed by atoms with Crippen LogP contribution in [0.4, 0.5) is 5.69 Å². The third-order valence-corrected chi connectivity index (χ3v) is 3.02. The van der Waals surface area contributed by atoms with E-state index < -0.39 is 0 Å². The van der Waals surface area contributed by atoms with Crippen LogP contribution < -0.4 is 16.0 Å². The highest BCUT2D eigenvalue weighted by Gasteiger charge is 2.07. The Labute approximate surface area is 114 Å². The molecule has 19 heavy (non-hydrogen) atoms. The molecule has 0 spiro atoms. The van der Waals surface area contributed by atoms with Gasteiger partial charge in [0.2, 0.25) is 0 Å². The highest BCUT2D eigenvalue weighted by atomic mass is 16.5. The lowest BCUT2D eigenvalue weighted by Gasteiger charge is -2.17. The van der Waals surface area contributed by atoms with Crippen molar-refractivity contribution < 1.29 is 5.21 Å². The standard InChI is InChI=1S/C14H22N4O/c1-2-7-18(19)10-12-5-3-4-6-14(12)16-9-13-8-15-11-17-13/h3-6,8,15-17,19H,2,7,9-11H2,1H3. The maximum atomic E-state index is 9.78. The topological polar surface area (TPSA) is 59.6 Å². The van der Waals surface area contributed by atoms with Gasteiger partial charge in [0.25, 0.3) is 0 Å². The van der Waals surface area contributed by atoms with Crippen molar-refractivity contribution in [1.29, 1.82) is 0 Å². The van der Waals surface area contributed by atoms with Gasteiger partial charge in [0.05, 0.1) is 19.8 Å². The average molecular weight is 262 g/mol. The molecule has 0 aromatic heterocycles. The van der Waals surface area contributed by atoms with Crippen molar-refractivity contribution in [1.82, 2.24) is 15.7 Å². The summed E-state index contributed by atoms with van der Waals surface area (Å²) in [5.41, 5.74) is 3.31. The Morgan fingerprint density at radius 1 is 1.37 bits per heavy atom. The molecule has 1 aliphatic heterocycles. The predicted molar refractivity (Wildman–Crippen MR) is 76.6 cm³/mol. The fourth-order valence-corrected chi connectivity index (χ4v) is 2.06. The van der Waals surface area contributed by atoms with Gasteiger partial charge in [-0.05, 0) is 18.1 Å². The molecular formula is C14H22N4O. The third-order valence-electron chi connectivity index (χ3n) is 3.02. The second kappa shape index (κ2) is 7.01. The van der Waals surface area contributed by atoms with Gasteiger partial charge < -0.3 is 21.2 Å². The van der Waals surface area contributed by atoms with Crippen molar-refractivity contribution in [2.75, 3.05) is 25.1 Å². The average Bonchev–Trinajstić information content (AvgIpc) is 2.91. The Balaban J connectivity index is 1.95. The molecule has 104 valence electrons. The smallest absolute Gasteiger partial charge is 0.0843 e. The molecule has 1 aliphatic rings. The molecule has 5 nitrogen and oxygen atoms in total. The Morgan fingerprint density at radius 3 is 2.95 bits per heavy atom. The summed E-state index contributed by atoms with van der Waals surface area (Å²) in [4.78, 5) is 0. The van der Waals surface area contributed by atoms with Crippen molar-refractivity contribution in [3.8, 4) is 0 Å². The van der Waals surface area contributed by atoms with E-state index in [4.69, 9.17) is 0 Å². The second-order valence-corrected chi connectivity index (χ2v) is 4.63. The molecule has 0 saturated heterocycles. The van der Waals surface area contributed by atoms with E-state index in [1.165, 1.54) is 5.06 Å². The molecular weight excluding hydrogens is 240 g/mol. The normalized spacial score (nSPS) is 13.9. The van der Waals surface area contributed by atoms with Crippen LogP contribution in [0.5, 0.6) is 0 Å². The Bertz CT molecular complexity index is 433. The molecule has 0 saturated carbocycles. The first kappa shape index (κ1) is 13.7. The molecule has 0 radical (unpaired) electrons. The Morgan fingerprint density at radius 2 is 2.21 bits per heavy atom. The minimum Gasteiger partial charge on any atom is -0.379 e. The number of hydrogen-bond acceptors (Lipinski definition) is 5. The van der Waals surface area contributed by atoms with Crippen LogP contribution in [-0.4, -0.2) is 30.0 Å². The van der Waals surface area contributed by atoms with Gasteiger partial charge in [0.1, 0.15) is 0 Å². The lowest BCUT2D eigenvalue weighted by atomic mass is 10.1. The first-order valence-electron chi connectivity index (χ1n) is 6.71. The van der Waals surface area contributed by atoms with Crippen LogP contribution in [0.2, 0.25) is 0 Å². The van der Waals surface area contributed by atoms with E-state index in [1.807, 2.05) is 30.5 Å². The van der Waals surface area contributed by atoms with Gasteiger partial charge in [-0.1, -0.05) is 25.1 Å². The molecule has 4 N–H and O–H groups in total. The van der Waals surface area contributed by atoms with E-state index in [2.05, 4.69) is 22.9 Å². The largest absolute Gasteiger partial charge is 0.379 e. The van der Waals surface area contributed by atoms with Gasteiger partial charge in [0, 0.05) is 24.1 Å². The monoisotopic (exact) mass is 262 g/mol. The molecule has 1 aromatic carbocycles. The predicted octanol–water partition coefficient (Wildman–Crippen LogP) is 1.69. The highest BCUT2D eigenvalue weighted by molar-refractivity contribution is 5.51. The molecule has 5 heteroatoms. The molecule has 0 atom stereocenters. The van der Waals surface area contributed by atoms with Crippen molar-refractivity contribution in [2.45, 2.75) is 19.9 Å². The lowest BCUT2D eigenvalue weighted by Crippen LogP contribution is -2.21. The molecule has 0 bridgehead atoms. The number of hydrogen-bond donors (Lipinski definition) is 4. The van der Waals surface area contributed by atoms with Crippen LogP contribution in [-0.2, 0) is 6.54 Å². The van der Waals surface area contributed by atoms with Crippen molar-refractivity contribution >= 4 is 5.69 Å². The Hall–Kier alpha value is -1.72. The molecule has 0 aliphatic carbocycles. The summed E-state index contributed by atoms with van der Waals surface area (Å²) >= 11 is 0. The number of benzene rings is 1. The zero-order chi connectivity index (χ0) is 13.5. The van der Waals surface area contributed by atoms with Crippen molar-refractivity contribution in [2.24, 2.45) is 0 Å². The van der Waals surface area contributed by atoms with Crippen LogP contribution in [0.25, 0.3) is 0 Å². The first-order valence-corrected chi connectivity index (χ1v) is 6.71. The minimum atomic E-state index is 0.543. The molecule has 2 rings (SSSR count). The summed E-state index contributed by atoms with van der Waals surface area (Å²) in [7, 11) is 0. The van der Waals surface area contributed by atoms with Gasteiger partial charge >= 0.3 is 0 Å². The van der Waals surface area contributed by atoms with Crippen LogP contribution in [0, 0.1) is 0 Å². The lowest BCUT2D eigenvalue weighted by molar-refractivity contribution is -0.0988. The van der Waals surface area contributed by atoms with E-state index in [9.17, 15) is 5.21 Å². The van der Waals surface area contributed by atoms with Crippen LogP contribution in [0.1, 0.15) is 18.9 Å². The second-order valence-electron chi connectivity index (χ2n) is 4.63. The first-order chi connectivity index (χ1) is 9.29. The maximum absolute atomic E-state index is 9.78. The van der Waals surface area contributed by atoms with Crippen LogP contribution in [0.15, 0.2) is 36.2 Å². The number of nitrogens with zero attached hydrogens (tertiary/aromatic N) is 1. The highest BCUT2D eigenvalue weighted by Crippen LogP contribution is 2.17. The minimum absolute atomic E-state index is 0.543. The van der Waals surface area contributed by atoms with Gasteiger partial charge in [-0.25, -0.2) is 0 Å². The fraction of sp³-hybridized carbons (Fsp3) is 0.429. The fourth-order valence-electron chi connectivity index (χ4n) is 2.06. The molecule has 0 fully saturated rings. The van der Waals surface area contributed by atoms with E-state index >= 15 is 0 Å². The van der Waals surface area contributed by atoms with E-state index in [1.54, 1.807) is 0 Å². The quantitative estimate of drug-likeness (QED) is 0.563. The number of hydroxylamine groups is 2. The van der Waals surface area contributed by atoms with Crippen LogP contribution >= 0.6 is 0 Å². The van der Waals surface area contributed by atoms with E-state index in [0.29, 0.717) is 13.1 Å². The summed E-state index contributed by atoms with van der Waals surface area (Å²) in [6, 6.07) is 8.07. The summed E-state index contributed by atoms with van der Waals surface area (Å²) < 4.78 is 0. The molecule has 1 aromatic rings. The van der Waals surface area contributed by atoms with Gasteiger partial charge in [0.15, 0.2) is 0 Å². The van der Waals surface area contributed by atoms with Gasteiger partial charge in [-0.2, -0.15) is 5.06 Å². The number of para-hydroxylation sites is 1. The van der Waals surface area contributed by atoms with E-state index in [-0.39, 0.29) is 0 Å². The summed E-state index contributed by atoms with van der Waals surface area (Å²) in [6.07, 6.45) is 2.92. The zero-order valence-electron chi connectivity index (χ0n) is 11.3. The molecule has 1 heterocycles. The summed E-state index contributed by atoms with van der Waals surface area (Å²) in [6.45, 7) is 4.83. The third kappa shape index (κ3) is 4.15. The number of rotatable bonds is 7. The summed E-state index contributed by atoms with van der Waals surface area (Å²) in [5.74, 6) is 0. The van der Waals surface area contributed by atoms with E-state index in [0.717, 1.165) is 36.6 Å².